The molecule has 0 aliphatic carbocycles. The SMILES string of the molecule is CCOC(=O)C1(CCCc2ccccc2)CCN(C(=O)c2cc(C)c(C)[nH]c2=O)CC1. The number of nitrogens with one attached hydrogen (secondary N) is 1. The van der Waals surface area contributed by atoms with E-state index in [1.165, 1.54) is 5.56 Å². The third-order valence-electron chi connectivity index (χ3n) is 6.41. The molecule has 3 rings (SSSR count). The molecule has 0 spiro atoms. The fourth-order valence-electron chi connectivity index (χ4n) is 4.31. The maximum Gasteiger partial charge on any atom is 0.312 e. The maximum absolute atomic E-state index is 13.0. The van der Waals surface area contributed by atoms with Gasteiger partial charge in [0.25, 0.3) is 11.5 Å². The lowest BCUT2D eigenvalue weighted by Gasteiger charge is -2.40. The molecule has 0 atom stereocenters. The summed E-state index contributed by atoms with van der Waals surface area (Å²) in [5.74, 6) is -0.440. The second kappa shape index (κ2) is 9.94. The van der Waals surface area contributed by atoms with Crippen LogP contribution in [-0.2, 0) is 16.0 Å². The Bertz CT molecular complexity index is 973. The van der Waals surface area contributed by atoms with Crippen molar-refractivity contribution in [1.82, 2.24) is 9.88 Å². The molecule has 2 heterocycles. The number of rotatable bonds is 7. The van der Waals surface area contributed by atoms with Crippen molar-refractivity contribution in [2.45, 2.75) is 52.9 Å². The van der Waals surface area contributed by atoms with Gasteiger partial charge >= 0.3 is 5.97 Å². The van der Waals surface area contributed by atoms with Gasteiger partial charge in [0.2, 0.25) is 0 Å². The molecule has 166 valence electrons. The number of aromatic nitrogens is 1. The minimum Gasteiger partial charge on any atom is -0.466 e. The molecule has 0 saturated carbocycles. The second-order valence-corrected chi connectivity index (χ2v) is 8.45. The molecule has 1 aliphatic rings. The van der Waals surface area contributed by atoms with Gasteiger partial charge in [0.15, 0.2) is 0 Å². The Morgan fingerprint density at radius 3 is 2.45 bits per heavy atom. The molecular formula is C25H32N2O4. The predicted octanol–water partition coefficient (Wildman–Crippen LogP) is 3.80. The molecule has 1 aromatic carbocycles. The van der Waals surface area contributed by atoms with Gasteiger partial charge in [0.05, 0.1) is 12.0 Å². The number of nitrogens with zero attached hydrogens (tertiary/aromatic N) is 1. The number of pyridine rings is 1. The number of H-pyrrole nitrogens is 1. The quantitative estimate of drug-likeness (QED) is 0.686. The van der Waals surface area contributed by atoms with E-state index >= 15 is 0 Å². The van der Waals surface area contributed by atoms with E-state index in [9.17, 15) is 14.4 Å². The smallest absolute Gasteiger partial charge is 0.312 e. The first-order valence-electron chi connectivity index (χ1n) is 11.1. The van der Waals surface area contributed by atoms with Crippen LogP contribution in [0.15, 0.2) is 41.2 Å². The van der Waals surface area contributed by atoms with Crippen molar-refractivity contribution in [3.63, 3.8) is 0 Å². The lowest BCUT2D eigenvalue weighted by molar-refractivity contribution is -0.159. The molecular weight excluding hydrogens is 392 g/mol. The Kier molecular flexibility index (Phi) is 7.31. The number of aromatic amines is 1. The number of piperidine rings is 1. The van der Waals surface area contributed by atoms with Gasteiger partial charge in [0, 0.05) is 18.8 Å². The van der Waals surface area contributed by atoms with E-state index < -0.39 is 5.41 Å². The molecule has 1 aromatic heterocycles. The first kappa shape index (κ1) is 22.8. The number of carbonyl (C=O) groups excluding carboxylic acids is 2. The summed E-state index contributed by atoms with van der Waals surface area (Å²) in [5.41, 5.74) is 2.12. The van der Waals surface area contributed by atoms with Gasteiger partial charge in [0.1, 0.15) is 5.56 Å². The maximum atomic E-state index is 13.0. The number of esters is 1. The minimum absolute atomic E-state index is 0.163. The molecule has 1 saturated heterocycles. The molecule has 1 fully saturated rings. The number of benzene rings is 1. The summed E-state index contributed by atoms with van der Waals surface area (Å²) < 4.78 is 5.42. The number of ether oxygens (including phenoxy) is 1. The Hall–Kier alpha value is -2.89. The van der Waals surface area contributed by atoms with E-state index in [4.69, 9.17) is 4.74 Å². The second-order valence-electron chi connectivity index (χ2n) is 8.45. The largest absolute Gasteiger partial charge is 0.466 e. The van der Waals surface area contributed by atoms with Crippen molar-refractivity contribution in [2.75, 3.05) is 19.7 Å². The zero-order valence-electron chi connectivity index (χ0n) is 18.7. The number of aryl methyl sites for hydroxylation is 3. The average molecular weight is 425 g/mol. The van der Waals surface area contributed by atoms with Gasteiger partial charge < -0.3 is 14.6 Å². The lowest BCUT2D eigenvalue weighted by Crippen LogP contribution is -2.48. The molecule has 0 bridgehead atoms. The summed E-state index contributed by atoms with van der Waals surface area (Å²) in [5, 5.41) is 0. The van der Waals surface area contributed by atoms with E-state index in [0.717, 1.165) is 30.5 Å². The predicted molar refractivity (Wildman–Crippen MR) is 120 cm³/mol. The van der Waals surface area contributed by atoms with Gasteiger partial charge in [-0.3, -0.25) is 14.4 Å². The number of likely N-dealkylation sites (tertiary alicyclic amines) is 1. The van der Waals surface area contributed by atoms with Crippen LogP contribution < -0.4 is 5.56 Å². The van der Waals surface area contributed by atoms with Gasteiger partial charge in [-0.15, -0.1) is 0 Å². The highest BCUT2D eigenvalue weighted by atomic mass is 16.5. The van der Waals surface area contributed by atoms with Crippen LogP contribution in [0.2, 0.25) is 0 Å². The molecule has 0 radical (unpaired) electrons. The molecule has 0 unspecified atom stereocenters. The molecule has 1 amide bonds. The van der Waals surface area contributed by atoms with Crippen molar-refractivity contribution >= 4 is 11.9 Å². The Morgan fingerprint density at radius 2 is 1.81 bits per heavy atom. The van der Waals surface area contributed by atoms with Crippen molar-refractivity contribution < 1.29 is 14.3 Å². The summed E-state index contributed by atoms with van der Waals surface area (Å²) in [6, 6.07) is 11.9. The van der Waals surface area contributed by atoms with Crippen molar-refractivity contribution in [1.29, 1.82) is 0 Å². The summed E-state index contributed by atoms with van der Waals surface area (Å²) in [4.78, 5) is 42.6. The van der Waals surface area contributed by atoms with E-state index in [1.807, 2.05) is 39.0 Å². The number of hydrogen-bond acceptors (Lipinski definition) is 4. The normalized spacial score (nSPS) is 15.5. The molecule has 1 N–H and O–H groups in total. The number of carbonyl (C=O) groups is 2. The summed E-state index contributed by atoms with van der Waals surface area (Å²) >= 11 is 0. The van der Waals surface area contributed by atoms with Crippen LogP contribution in [0, 0.1) is 19.3 Å². The fourth-order valence-corrected chi connectivity index (χ4v) is 4.31. The first-order chi connectivity index (χ1) is 14.9. The van der Waals surface area contributed by atoms with Crippen LogP contribution in [-0.4, -0.2) is 41.5 Å². The molecule has 6 nitrogen and oxygen atoms in total. The topological polar surface area (TPSA) is 79.5 Å². The zero-order valence-corrected chi connectivity index (χ0v) is 18.7. The van der Waals surface area contributed by atoms with Crippen LogP contribution >= 0.6 is 0 Å². The van der Waals surface area contributed by atoms with Gasteiger partial charge in [-0.1, -0.05) is 30.3 Å². The van der Waals surface area contributed by atoms with Crippen molar-refractivity contribution in [3.05, 3.63) is 69.1 Å². The lowest BCUT2D eigenvalue weighted by atomic mass is 9.74. The summed E-state index contributed by atoms with van der Waals surface area (Å²) in [7, 11) is 0. The Morgan fingerprint density at radius 1 is 1.13 bits per heavy atom. The van der Waals surface area contributed by atoms with E-state index in [2.05, 4.69) is 17.1 Å². The highest BCUT2D eigenvalue weighted by Gasteiger charge is 2.43. The fraction of sp³-hybridized carbons (Fsp3) is 0.480. The van der Waals surface area contributed by atoms with Gasteiger partial charge in [-0.2, -0.15) is 0 Å². The van der Waals surface area contributed by atoms with Crippen LogP contribution in [0.1, 0.15) is 59.8 Å². The third-order valence-corrected chi connectivity index (χ3v) is 6.41. The Labute approximate surface area is 183 Å². The molecule has 2 aromatic rings. The number of hydrogen-bond donors (Lipinski definition) is 1. The monoisotopic (exact) mass is 424 g/mol. The molecule has 1 aliphatic heterocycles. The van der Waals surface area contributed by atoms with E-state index in [-0.39, 0.29) is 23.0 Å². The zero-order chi connectivity index (χ0) is 22.4. The standard InChI is InChI=1S/C25H32N2O4/c1-4-31-24(30)25(12-8-11-20-9-6-5-7-10-20)13-15-27(16-14-25)23(29)21-17-18(2)19(3)26-22(21)28/h5-7,9-10,17H,4,8,11-16H2,1-3H3,(H,26,28). The summed E-state index contributed by atoms with van der Waals surface area (Å²) in [6.07, 6.45) is 3.62. The van der Waals surface area contributed by atoms with Gasteiger partial charge in [-0.25, -0.2) is 0 Å². The van der Waals surface area contributed by atoms with Gasteiger partial charge in [-0.05, 0) is 70.1 Å². The highest BCUT2D eigenvalue weighted by molar-refractivity contribution is 5.94. The third kappa shape index (κ3) is 5.24. The van der Waals surface area contributed by atoms with Crippen LogP contribution in [0.5, 0.6) is 0 Å². The van der Waals surface area contributed by atoms with Crippen molar-refractivity contribution in [2.24, 2.45) is 5.41 Å². The minimum atomic E-state index is -0.572. The van der Waals surface area contributed by atoms with E-state index in [0.29, 0.717) is 32.5 Å². The molecule has 6 heteroatoms. The highest BCUT2D eigenvalue weighted by Crippen LogP contribution is 2.38. The number of amides is 1. The van der Waals surface area contributed by atoms with Crippen LogP contribution in [0.25, 0.3) is 0 Å². The first-order valence-corrected chi connectivity index (χ1v) is 11.1. The summed E-state index contributed by atoms with van der Waals surface area (Å²) in [6.45, 7) is 6.73. The van der Waals surface area contributed by atoms with Crippen molar-refractivity contribution in [3.8, 4) is 0 Å². The van der Waals surface area contributed by atoms with E-state index in [1.54, 1.807) is 11.0 Å². The van der Waals surface area contributed by atoms with Crippen LogP contribution in [0.3, 0.4) is 0 Å². The molecule has 31 heavy (non-hydrogen) atoms. The Balaban J connectivity index is 1.69. The average Bonchev–Trinajstić information content (AvgIpc) is 2.77. The van der Waals surface area contributed by atoms with Crippen LogP contribution in [0.4, 0.5) is 0 Å².